The summed E-state index contributed by atoms with van der Waals surface area (Å²) < 4.78 is 28.6. The summed E-state index contributed by atoms with van der Waals surface area (Å²) in [5, 5.41) is 20.3. The molecule has 1 aromatic carbocycles. The molecular weight excluding hydrogens is 230 g/mol. The van der Waals surface area contributed by atoms with Crippen molar-refractivity contribution >= 4 is 0 Å². The third-order valence-corrected chi connectivity index (χ3v) is 2.04. The molecule has 1 aromatic rings. The Morgan fingerprint density at radius 2 is 2.12 bits per heavy atom. The molecule has 17 heavy (non-hydrogen) atoms. The first kappa shape index (κ1) is 13.4. The van der Waals surface area contributed by atoms with Gasteiger partial charge in [-0.2, -0.15) is 14.0 Å². The lowest BCUT2D eigenvalue weighted by atomic mass is 10.1. The van der Waals surface area contributed by atoms with Gasteiger partial charge in [0.15, 0.2) is 0 Å². The van der Waals surface area contributed by atoms with E-state index in [2.05, 4.69) is 10.1 Å². The second-order valence-electron chi connectivity index (χ2n) is 3.16. The Balaban J connectivity index is 2.90. The summed E-state index contributed by atoms with van der Waals surface area (Å²) in [7, 11) is 0. The number of hydrogen-bond acceptors (Lipinski definition) is 4. The molecular formula is C11H12F2N2O2. The molecule has 6 heteroatoms. The van der Waals surface area contributed by atoms with Gasteiger partial charge in [-0.25, -0.2) is 0 Å². The van der Waals surface area contributed by atoms with Crippen molar-refractivity contribution in [2.24, 2.45) is 0 Å². The Morgan fingerprint density at radius 3 is 2.71 bits per heavy atom. The first-order valence-corrected chi connectivity index (χ1v) is 4.96. The molecule has 0 heterocycles. The molecule has 92 valence electrons. The second-order valence-corrected chi connectivity index (χ2v) is 3.16. The molecule has 0 aliphatic carbocycles. The van der Waals surface area contributed by atoms with E-state index in [0.29, 0.717) is 5.56 Å². The number of nitrogens with one attached hydrogen (secondary N) is 1. The highest BCUT2D eigenvalue weighted by molar-refractivity contribution is 5.38. The molecule has 0 saturated heterocycles. The van der Waals surface area contributed by atoms with Gasteiger partial charge in [0, 0.05) is 12.1 Å². The minimum atomic E-state index is -2.94. The lowest BCUT2D eigenvalue weighted by molar-refractivity contribution is -0.0506. The van der Waals surface area contributed by atoms with Crippen molar-refractivity contribution in [3.63, 3.8) is 0 Å². The van der Waals surface area contributed by atoms with Gasteiger partial charge < -0.3 is 9.84 Å². The highest BCUT2D eigenvalue weighted by atomic mass is 19.3. The fraction of sp³-hybridized carbons (Fsp3) is 0.364. The van der Waals surface area contributed by atoms with Gasteiger partial charge in [-0.1, -0.05) is 18.2 Å². The number of aliphatic hydroxyl groups excluding tert-OH is 1. The van der Waals surface area contributed by atoms with Crippen molar-refractivity contribution in [3.8, 4) is 11.8 Å². The quantitative estimate of drug-likeness (QED) is 0.792. The van der Waals surface area contributed by atoms with E-state index in [1.54, 1.807) is 12.1 Å². The normalized spacial score (nSPS) is 12.2. The maximum atomic E-state index is 12.2. The molecule has 4 nitrogen and oxygen atoms in total. The third-order valence-electron chi connectivity index (χ3n) is 2.04. The number of benzene rings is 1. The van der Waals surface area contributed by atoms with Crippen molar-refractivity contribution in [1.82, 2.24) is 5.32 Å². The molecule has 0 amide bonds. The average molecular weight is 242 g/mol. The van der Waals surface area contributed by atoms with E-state index in [0.717, 1.165) is 0 Å². The van der Waals surface area contributed by atoms with Crippen LogP contribution in [0.2, 0.25) is 0 Å². The van der Waals surface area contributed by atoms with E-state index in [1.165, 1.54) is 12.1 Å². The summed E-state index contributed by atoms with van der Waals surface area (Å²) in [4.78, 5) is 0. The molecule has 0 fully saturated rings. The molecule has 1 unspecified atom stereocenters. The Bertz CT molecular complexity index is 393. The second kappa shape index (κ2) is 6.78. The highest BCUT2D eigenvalue weighted by Gasteiger charge is 2.16. The number of hydrogen-bond donors (Lipinski definition) is 2. The van der Waals surface area contributed by atoms with Crippen molar-refractivity contribution in [3.05, 3.63) is 29.8 Å². The molecule has 0 spiro atoms. The van der Waals surface area contributed by atoms with Crippen LogP contribution in [0.15, 0.2) is 24.3 Å². The molecule has 0 bridgehead atoms. The molecule has 0 aromatic heterocycles. The monoisotopic (exact) mass is 242 g/mol. The summed E-state index contributed by atoms with van der Waals surface area (Å²) in [6.07, 6.45) is 0. The zero-order valence-electron chi connectivity index (χ0n) is 8.94. The largest absolute Gasteiger partial charge is 0.434 e. The van der Waals surface area contributed by atoms with Crippen LogP contribution in [0.1, 0.15) is 11.6 Å². The van der Waals surface area contributed by atoms with Crippen LogP contribution in [0.5, 0.6) is 5.75 Å². The van der Waals surface area contributed by atoms with Gasteiger partial charge in [-0.3, -0.25) is 5.32 Å². The van der Waals surface area contributed by atoms with E-state index in [-0.39, 0.29) is 18.9 Å². The van der Waals surface area contributed by atoms with Gasteiger partial charge in [-0.05, 0) is 6.07 Å². The predicted molar refractivity (Wildman–Crippen MR) is 56.5 cm³/mol. The maximum Gasteiger partial charge on any atom is 0.387 e. The number of nitriles is 1. The SMILES string of the molecule is N#CC(NCCO)c1ccccc1OC(F)F. The number of aliphatic hydroxyl groups is 1. The topological polar surface area (TPSA) is 65.3 Å². The molecule has 1 atom stereocenters. The van der Waals surface area contributed by atoms with Crippen LogP contribution < -0.4 is 10.1 Å². The Morgan fingerprint density at radius 1 is 1.41 bits per heavy atom. The molecule has 0 aliphatic heterocycles. The minimum absolute atomic E-state index is 0.0421. The van der Waals surface area contributed by atoms with Crippen LogP contribution in [0.25, 0.3) is 0 Å². The Labute approximate surface area is 97.4 Å². The van der Waals surface area contributed by atoms with Gasteiger partial charge in [0.05, 0.1) is 12.7 Å². The fourth-order valence-electron chi connectivity index (χ4n) is 1.36. The smallest absolute Gasteiger partial charge is 0.387 e. The van der Waals surface area contributed by atoms with E-state index >= 15 is 0 Å². The van der Waals surface area contributed by atoms with Crippen LogP contribution in [-0.4, -0.2) is 24.9 Å². The lowest BCUT2D eigenvalue weighted by Crippen LogP contribution is -2.24. The summed E-state index contributed by atoms with van der Waals surface area (Å²) in [5.74, 6) is -0.0421. The van der Waals surface area contributed by atoms with Crippen molar-refractivity contribution < 1.29 is 18.6 Å². The van der Waals surface area contributed by atoms with Crippen LogP contribution in [-0.2, 0) is 0 Å². The highest BCUT2D eigenvalue weighted by Crippen LogP contribution is 2.25. The van der Waals surface area contributed by atoms with Crippen LogP contribution >= 0.6 is 0 Å². The third kappa shape index (κ3) is 3.98. The van der Waals surface area contributed by atoms with E-state index in [1.807, 2.05) is 6.07 Å². The standard InChI is InChI=1S/C11H12F2N2O2/c12-11(13)17-10-4-2-1-3-8(10)9(7-14)15-5-6-16/h1-4,9,11,15-16H,5-6H2. The zero-order valence-corrected chi connectivity index (χ0v) is 8.94. The van der Waals surface area contributed by atoms with E-state index in [9.17, 15) is 8.78 Å². The number of alkyl halides is 2. The van der Waals surface area contributed by atoms with E-state index < -0.39 is 12.7 Å². The van der Waals surface area contributed by atoms with Crippen molar-refractivity contribution in [2.45, 2.75) is 12.7 Å². The fourth-order valence-corrected chi connectivity index (χ4v) is 1.36. The molecule has 0 aliphatic rings. The molecule has 0 saturated carbocycles. The van der Waals surface area contributed by atoms with Crippen molar-refractivity contribution in [1.29, 1.82) is 5.26 Å². The summed E-state index contributed by atoms with van der Waals surface area (Å²) in [5.41, 5.74) is 0.323. The van der Waals surface area contributed by atoms with Gasteiger partial charge in [-0.15, -0.1) is 0 Å². The lowest BCUT2D eigenvalue weighted by Gasteiger charge is -2.15. The first-order valence-electron chi connectivity index (χ1n) is 4.96. The molecule has 0 radical (unpaired) electrons. The predicted octanol–water partition coefficient (Wildman–Crippen LogP) is 1.43. The summed E-state index contributed by atoms with van der Waals surface area (Å²) >= 11 is 0. The summed E-state index contributed by atoms with van der Waals surface area (Å²) in [6.45, 7) is -2.88. The van der Waals surface area contributed by atoms with Crippen LogP contribution in [0, 0.1) is 11.3 Å². The van der Waals surface area contributed by atoms with Gasteiger partial charge in [0.25, 0.3) is 0 Å². The number of rotatable bonds is 6. The number of nitrogens with zero attached hydrogens (tertiary/aromatic N) is 1. The average Bonchev–Trinajstić information content (AvgIpc) is 2.31. The van der Waals surface area contributed by atoms with Crippen LogP contribution in [0.4, 0.5) is 8.78 Å². The summed E-state index contributed by atoms with van der Waals surface area (Å²) in [6, 6.07) is 7.18. The van der Waals surface area contributed by atoms with E-state index in [4.69, 9.17) is 10.4 Å². The van der Waals surface area contributed by atoms with Gasteiger partial charge >= 0.3 is 6.61 Å². The number of ether oxygens (including phenoxy) is 1. The first-order chi connectivity index (χ1) is 8.19. The van der Waals surface area contributed by atoms with Crippen LogP contribution in [0.3, 0.4) is 0 Å². The number of halogens is 2. The molecule has 2 N–H and O–H groups in total. The maximum absolute atomic E-state index is 12.2. The van der Waals surface area contributed by atoms with Gasteiger partial charge in [0.2, 0.25) is 0 Å². The number of para-hydroxylation sites is 1. The Hall–Kier alpha value is -1.71. The Kier molecular flexibility index (Phi) is 5.33. The zero-order chi connectivity index (χ0) is 12.7. The minimum Gasteiger partial charge on any atom is -0.434 e. The van der Waals surface area contributed by atoms with Crippen molar-refractivity contribution in [2.75, 3.05) is 13.2 Å². The molecule has 1 rings (SSSR count). The van der Waals surface area contributed by atoms with Gasteiger partial charge in [0.1, 0.15) is 11.8 Å².